The normalized spacial score (nSPS) is 19.1. The van der Waals surface area contributed by atoms with Crippen molar-refractivity contribution in [1.82, 2.24) is 20.6 Å². The lowest BCUT2D eigenvalue weighted by atomic mass is 10.00. The van der Waals surface area contributed by atoms with E-state index in [1.165, 1.54) is 0 Å². The Kier molecular flexibility index (Phi) is 8.02. The maximum absolute atomic E-state index is 13.1. The zero-order chi connectivity index (χ0) is 24.8. The molecule has 2 heterocycles. The number of imidazole rings is 1. The predicted octanol–water partition coefficient (Wildman–Crippen LogP) is 2.21. The highest BCUT2D eigenvalue weighted by Crippen LogP contribution is 2.21. The molecule has 1 aliphatic rings. The lowest BCUT2D eigenvalue weighted by molar-refractivity contribution is -0.128. The number of amides is 2. The minimum atomic E-state index is -1.50. The summed E-state index contributed by atoms with van der Waals surface area (Å²) in [5, 5.41) is 20.0. The molecule has 4 rings (SSSR count). The van der Waals surface area contributed by atoms with Crippen LogP contribution < -0.4 is 20.7 Å². The molecule has 0 saturated carbocycles. The van der Waals surface area contributed by atoms with Gasteiger partial charge in [-0.2, -0.15) is 0 Å². The van der Waals surface area contributed by atoms with Crippen molar-refractivity contribution in [2.75, 3.05) is 11.9 Å². The molecule has 1 aliphatic heterocycles. The molecule has 1 aromatic heterocycles. The first kappa shape index (κ1) is 24.7. The molecule has 3 aromatic rings. The number of hydrogen-bond donors (Lipinski definition) is 5. The van der Waals surface area contributed by atoms with Crippen molar-refractivity contribution in [3.63, 3.8) is 0 Å². The monoisotopic (exact) mass is 497 g/mol. The van der Waals surface area contributed by atoms with E-state index in [2.05, 4.69) is 25.9 Å². The number of ether oxygens (including phenoxy) is 1. The largest absolute Gasteiger partial charge is 0.489 e. The Morgan fingerprint density at radius 1 is 1.23 bits per heavy atom. The van der Waals surface area contributed by atoms with Crippen LogP contribution in [0.25, 0.3) is 0 Å². The fourth-order valence-electron chi connectivity index (χ4n) is 3.97. The first-order chi connectivity index (χ1) is 16.9. The number of nitrogens with one attached hydrogen (secondary N) is 4. The molecule has 5 N–H and O–H groups in total. The van der Waals surface area contributed by atoms with Gasteiger partial charge in [0.05, 0.1) is 12.1 Å². The highest BCUT2D eigenvalue weighted by molar-refractivity contribution is 6.30. The minimum Gasteiger partial charge on any atom is -0.489 e. The molecule has 2 amide bonds. The Balaban J connectivity index is 1.40. The minimum absolute atomic E-state index is 0.216. The van der Waals surface area contributed by atoms with Gasteiger partial charge in [0.15, 0.2) is 6.10 Å². The number of aryl methyl sites for hydroxylation is 1. The summed E-state index contributed by atoms with van der Waals surface area (Å²) >= 11 is 6.02. The zero-order valence-corrected chi connectivity index (χ0v) is 20.0. The van der Waals surface area contributed by atoms with E-state index in [1.54, 1.807) is 31.3 Å². The van der Waals surface area contributed by atoms with Crippen molar-refractivity contribution in [3.05, 3.63) is 77.1 Å². The molecule has 4 atom stereocenters. The smallest absolute Gasteiger partial charge is 0.257 e. The van der Waals surface area contributed by atoms with E-state index in [9.17, 15) is 14.7 Å². The van der Waals surface area contributed by atoms with Crippen LogP contribution in [0, 0.1) is 6.92 Å². The molecule has 2 unspecified atom stereocenters. The lowest BCUT2D eigenvalue weighted by Crippen LogP contribution is -2.53. The first-order valence-electron chi connectivity index (χ1n) is 11.4. The van der Waals surface area contributed by atoms with E-state index in [0.717, 1.165) is 11.3 Å². The van der Waals surface area contributed by atoms with Gasteiger partial charge in [-0.25, -0.2) is 4.98 Å². The quantitative estimate of drug-likeness (QED) is 0.308. The van der Waals surface area contributed by atoms with Crippen LogP contribution in [0.5, 0.6) is 5.75 Å². The van der Waals surface area contributed by atoms with E-state index in [1.807, 2.05) is 36.4 Å². The van der Waals surface area contributed by atoms with Crippen molar-refractivity contribution in [3.8, 4) is 5.75 Å². The molecule has 35 heavy (non-hydrogen) atoms. The van der Waals surface area contributed by atoms with Crippen LogP contribution in [0.15, 0.2) is 60.8 Å². The molecule has 184 valence electrons. The van der Waals surface area contributed by atoms with Crippen LogP contribution in [0.4, 0.5) is 5.95 Å². The van der Waals surface area contributed by atoms with Gasteiger partial charge in [-0.15, -0.1) is 0 Å². The second-order valence-corrected chi connectivity index (χ2v) is 8.98. The van der Waals surface area contributed by atoms with E-state index in [-0.39, 0.29) is 24.4 Å². The summed E-state index contributed by atoms with van der Waals surface area (Å²) in [7, 11) is 0. The topological polar surface area (TPSA) is 128 Å². The Morgan fingerprint density at radius 2 is 2.03 bits per heavy atom. The second-order valence-electron chi connectivity index (χ2n) is 8.55. The third-order valence-corrected chi connectivity index (χ3v) is 5.96. The molecule has 0 radical (unpaired) electrons. The number of anilines is 1. The van der Waals surface area contributed by atoms with Gasteiger partial charge >= 0.3 is 0 Å². The molecule has 0 spiro atoms. The number of aromatic nitrogens is 2. The third-order valence-electron chi connectivity index (χ3n) is 5.73. The van der Waals surface area contributed by atoms with E-state index < -0.39 is 24.1 Å². The van der Waals surface area contributed by atoms with Crippen molar-refractivity contribution in [2.24, 2.45) is 0 Å². The Morgan fingerprint density at radius 3 is 2.74 bits per heavy atom. The number of aliphatic hydroxyl groups is 1. The number of benzene rings is 2. The summed E-state index contributed by atoms with van der Waals surface area (Å²) in [5.74, 6) is -0.117. The van der Waals surface area contributed by atoms with Crippen molar-refractivity contribution in [2.45, 2.75) is 44.1 Å². The zero-order valence-electron chi connectivity index (χ0n) is 19.2. The molecule has 0 aliphatic carbocycles. The van der Waals surface area contributed by atoms with Crippen LogP contribution >= 0.6 is 11.6 Å². The standard InChI is InChI=1S/C25H28ClN5O4/c1-15-13-28-25(29-15)31-24(34)22(32)20(10-16-6-3-2-4-7-16)30-23(33)21-12-19(14-27-21)35-18-9-5-8-17(26)11-18/h2-9,11,13,19-22,27,32H,10,12,14H2,1H3,(H,30,33)(H2,28,29,31,34)/t19-,20?,21+,22?/m1/s1. The fourth-order valence-corrected chi connectivity index (χ4v) is 4.15. The molecule has 2 aromatic carbocycles. The van der Waals surface area contributed by atoms with Crippen LogP contribution in [0.1, 0.15) is 17.7 Å². The number of halogens is 1. The molecular formula is C25H28ClN5O4. The van der Waals surface area contributed by atoms with Crippen LogP contribution in [0.3, 0.4) is 0 Å². The molecule has 1 fully saturated rings. The Hall–Kier alpha value is -3.40. The lowest BCUT2D eigenvalue weighted by Gasteiger charge is -2.25. The van der Waals surface area contributed by atoms with Gasteiger partial charge in [0.25, 0.3) is 5.91 Å². The number of hydrogen-bond acceptors (Lipinski definition) is 6. The van der Waals surface area contributed by atoms with Gasteiger partial charge in [-0.3, -0.25) is 14.9 Å². The summed E-state index contributed by atoms with van der Waals surface area (Å²) < 4.78 is 5.94. The SMILES string of the molecule is Cc1cnc(NC(=O)C(O)C(Cc2ccccc2)NC(=O)[C@@H]2C[C@@H](Oc3cccc(Cl)c3)CN2)[nH]1. The van der Waals surface area contributed by atoms with Crippen LogP contribution in [0.2, 0.25) is 5.02 Å². The van der Waals surface area contributed by atoms with Gasteiger partial charge in [-0.05, 0) is 37.1 Å². The average molecular weight is 498 g/mol. The third kappa shape index (κ3) is 6.82. The maximum Gasteiger partial charge on any atom is 0.257 e. The number of rotatable bonds is 9. The van der Waals surface area contributed by atoms with Crippen molar-refractivity contribution < 1.29 is 19.4 Å². The van der Waals surface area contributed by atoms with Crippen molar-refractivity contribution >= 4 is 29.4 Å². The second kappa shape index (κ2) is 11.4. The van der Waals surface area contributed by atoms with Gasteiger partial charge in [-0.1, -0.05) is 48.0 Å². The predicted molar refractivity (Wildman–Crippen MR) is 132 cm³/mol. The molecule has 0 bridgehead atoms. The van der Waals surface area contributed by atoms with E-state index >= 15 is 0 Å². The number of carbonyl (C=O) groups is 2. The van der Waals surface area contributed by atoms with Crippen LogP contribution in [-0.2, 0) is 16.0 Å². The summed E-state index contributed by atoms with van der Waals surface area (Å²) in [6.45, 7) is 2.28. The fraction of sp³-hybridized carbons (Fsp3) is 0.320. The highest BCUT2D eigenvalue weighted by Gasteiger charge is 2.35. The highest BCUT2D eigenvalue weighted by atomic mass is 35.5. The number of aliphatic hydroxyl groups excluding tert-OH is 1. The average Bonchev–Trinajstić information content (AvgIpc) is 3.47. The number of nitrogens with zero attached hydrogens (tertiary/aromatic N) is 1. The summed E-state index contributed by atoms with van der Waals surface area (Å²) in [6.07, 6.45) is 0.563. The molecule has 9 nitrogen and oxygen atoms in total. The summed E-state index contributed by atoms with van der Waals surface area (Å²) in [5.41, 5.74) is 1.64. The van der Waals surface area contributed by atoms with E-state index in [0.29, 0.717) is 23.7 Å². The first-order valence-corrected chi connectivity index (χ1v) is 11.8. The molecule has 10 heteroatoms. The Labute approximate surface area is 208 Å². The maximum atomic E-state index is 13.1. The Bertz CT molecular complexity index is 1160. The van der Waals surface area contributed by atoms with Gasteiger partial charge in [0.1, 0.15) is 11.9 Å². The van der Waals surface area contributed by atoms with Gasteiger partial charge in [0.2, 0.25) is 11.9 Å². The molecule has 1 saturated heterocycles. The number of aromatic amines is 1. The van der Waals surface area contributed by atoms with Gasteiger partial charge in [0, 0.05) is 29.9 Å². The summed E-state index contributed by atoms with van der Waals surface area (Å²) in [6, 6.07) is 15.1. The number of carbonyl (C=O) groups excluding carboxylic acids is 2. The van der Waals surface area contributed by atoms with Crippen LogP contribution in [-0.4, -0.2) is 57.7 Å². The van der Waals surface area contributed by atoms with E-state index in [4.69, 9.17) is 16.3 Å². The molecular weight excluding hydrogens is 470 g/mol. The van der Waals surface area contributed by atoms with Gasteiger partial charge < -0.3 is 25.5 Å². The summed E-state index contributed by atoms with van der Waals surface area (Å²) in [4.78, 5) is 32.7. The number of H-pyrrole nitrogens is 1. The van der Waals surface area contributed by atoms with Crippen molar-refractivity contribution in [1.29, 1.82) is 0 Å².